The fraction of sp³-hybridized carbons (Fsp3) is 0.833. The van der Waals surface area contributed by atoms with Gasteiger partial charge in [0.2, 0.25) is 0 Å². The van der Waals surface area contributed by atoms with Gasteiger partial charge in [-0.05, 0) is 62.2 Å². The minimum absolute atomic E-state index is 0.00169. The summed E-state index contributed by atoms with van der Waals surface area (Å²) in [5.41, 5.74) is 5.42. The van der Waals surface area contributed by atoms with Crippen molar-refractivity contribution in [3.05, 3.63) is 0 Å². The van der Waals surface area contributed by atoms with E-state index in [1.165, 1.54) is 0 Å². The summed E-state index contributed by atoms with van der Waals surface area (Å²) in [7, 11) is 0. The van der Waals surface area contributed by atoms with Gasteiger partial charge in [-0.15, -0.1) is 0 Å². The molecule has 0 saturated heterocycles. The van der Waals surface area contributed by atoms with Crippen LogP contribution in [0.25, 0.3) is 0 Å². The quantitative estimate of drug-likeness (QED) is 0.200. The van der Waals surface area contributed by atoms with E-state index in [1.807, 2.05) is 0 Å². The maximum atomic E-state index is 13.4. The van der Waals surface area contributed by atoms with Crippen molar-refractivity contribution >= 4 is 23.9 Å². The van der Waals surface area contributed by atoms with E-state index in [2.05, 4.69) is 25.9 Å². The van der Waals surface area contributed by atoms with Crippen LogP contribution in [0.2, 0.25) is 0 Å². The molecule has 3 aliphatic carbocycles. The molecule has 0 radical (unpaired) electrons. The van der Waals surface area contributed by atoms with Gasteiger partial charge in [0, 0.05) is 30.0 Å². The molecule has 2 unspecified atom stereocenters. The highest BCUT2D eigenvalue weighted by Gasteiger charge is 2.57. The smallest absolute Gasteiger partial charge is 0.414 e. The number of carboxylic acids is 2. The number of nitrogens with two attached hydrogens (primary N) is 1. The zero-order valence-electron chi connectivity index (χ0n) is 20.0. The lowest BCUT2D eigenvalue weighted by atomic mass is 9.45. The van der Waals surface area contributed by atoms with E-state index >= 15 is 0 Å². The molecule has 0 amide bonds. The number of oxime groups is 1. The van der Waals surface area contributed by atoms with Crippen molar-refractivity contribution < 1.29 is 34.5 Å². The molecule has 5 N–H and O–H groups in total. The molecule has 3 rings (SSSR count). The first-order chi connectivity index (χ1) is 15.5. The number of rotatable bonds is 6. The molecule has 3 fully saturated rings. The fourth-order valence-electron chi connectivity index (χ4n) is 6.56. The Morgan fingerprint density at radius 1 is 1.21 bits per heavy atom. The molecule has 9 nitrogen and oxygen atoms in total. The van der Waals surface area contributed by atoms with Crippen molar-refractivity contribution in [1.82, 2.24) is 0 Å². The number of nitrogens with zero attached hydrogens (tertiary/aromatic N) is 1. The molecule has 9 heteroatoms. The number of aliphatic carboxylic acids is 2. The van der Waals surface area contributed by atoms with Crippen LogP contribution in [-0.4, -0.2) is 58.5 Å². The Hall–Kier alpha value is -2.00. The number of aliphatic hydroxyl groups is 1. The zero-order valence-corrected chi connectivity index (χ0v) is 20.0. The summed E-state index contributed by atoms with van der Waals surface area (Å²) in [5.74, 6) is -1.97. The highest BCUT2D eigenvalue weighted by molar-refractivity contribution is 6.27. The van der Waals surface area contributed by atoms with E-state index in [9.17, 15) is 9.90 Å². The highest BCUT2D eigenvalue weighted by atomic mass is 16.6. The first kappa shape index (κ1) is 27.2. The highest BCUT2D eigenvalue weighted by Crippen LogP contribution is 2.61. The number of aliphatic hydroxyl groups excluding tert-OH is 1. The van der Waals surface area contributed by atoms with Crippen LogP contribution in [0.1, 0.15) is 72.1 Å². The van der Waals surface area contributed by atoms with Gasteiger partial charge in [-0.1, -0.05) is 32.3 Å². The summed E-state index contributed by atoms with van der Waals surface area (Å²) >= 11 is 0. The van der Waals surface area contributed by atoms with E-state index in [0.29, 0.717) is 30.8 Å². The lowest BCUT2D eigenvalue weighted by molar-refractivity contribution is -0.159. The molecule has 0 bridgehead atoms. The van der Waals surface area contributed by atoms with Crippen LogP contribution in [0.4, 0.5) is 0 Å². The van der Waals surface area contributed by atoms with Crippen LogP contribution >= 0.6 is 0 Å². The predicted octanol–water partition coefficient (Wildman–Crippen LogP) is 2.69. The van der Waals surface area contributed by atoms with Gasteiger partial charge < -0.3 is 25.9 Å². The number of Topliss-reactive ketones (excluding diaryl/α,β-unsaturated/α-hetero) is 1. The first-order valence-electron chi connectivity index (χ1n) is 12.0. The van der Waals surface area contributed by atoms with Crippen molar-refractivity contribution in [2.45, 2.75) is 78.2 Å². The molecule has 3 aliphatic rings. The zero-order chi connectivity index (χ0) is 24.8. The lowest BCUT2D eigenvalue weighted by Crippen LogP contribution is -2.56. The van der Waals surface area contributed by atoms with Crippen LogP contribution in [0.3, 0.4) is 0 Å². The summed E-state index contributed by atoms with van der Waals surface area (Å²) < 4.78 is 0. The topological polar surface area (TPSA) is 160 Å². The van der Waals surface area contributed by atoms with Gasteiger partial charge in [-0.2, -0.15) is 0 Å². The average Bonchev–Trinajstić information content (AvgIpc) is 2.75. The van der Waals surface area contributed by atoms with Crippen LogP contribution < -0.4 is 5.73 Å². The summed E-state index contributed by atoms with van der Waals surface area (Å²) in [6.45, 7) is 7.58. The third-order valence-electron chi connectivity index (χ3n) is 8.25. The van der Waals surface area contributed by atoms with Gasteiger partial charge >= 0.3 is 11.9 Å². The largest absolute Gasteiger partial charge is 0.473 e. The second-order valence-electron chi connectivity index (χ2n) is 10.4. The monoisotopic (exact) mass is 468 g/mol. The molecular formula is C24H40N2O7. The standard InChI is InChI=1S/C22H38N2O3.C2H2O4/c1-4-8-21(2)9-7-18-17(20(21)26)6-5-16-12-19(25)15(13-22(16,18)3)14-24-27-11-10-23;3-1(4)2(5)6/h14-19,25H,4-13,23H2,1-3H3;(H,3,4)(H,5,6)/b24-14+;/t15?,16?,17-,18+,19-,21+,22+;/m1./s1. The van der Waals surface area contributed by atoms with Gasteiger partial charge in [0.15, 0.2) is 0 Å². The fourth-order valence-corrected chi connectivity index (χ4v) is 6.56. The second kappa shape index (κ2) is 11.4. The number of carbonyl (C=O) groups is 3. The Morgan fingerprint density at radius 2 is 1.88 bits per heavy atom. The minimum atomic E-state index is -1.82. The lowest BCUT2D eigenvalue weighted by Gasteiger charge is -2.58. The van der Waals surface area contributed by atoms with Crippen molar-refractivity contribution in [2.75, 3.05) is 13.2 Å². The molecule has 7 atom stereocenters. The van der Waals surface area contributed by atoms with Crippen LogP contribution in [0.15, 0.2) is 5.16 Å². The summed E-state index contributed by atoms with van der Waals surface area (Å²) in [4.78, 5) is 36.7. The minimum Gasteiger partial charge on any atom is -0.473 e. The van der Waals surface area contributed by atoms with E-state index < -0.39 is 11.9 Å². The average molecular weight is 469 g/mol. The summed E-state index contributed by atoms with van der Waals surface area (Å²) in [6, 6.07) is 0. The molecule has 0 aliphatic heterocycles. The maximum Gasteiger partial charge on any atom is 0.414 e. The summed E-state index contributed by atoms with van der Waals surface area (Å²) in [5, 5.41) is 29.5. The number of ketones is 1. The van der Waals surface area contributed by atoms with Crippen molar-refractivity contribution in [3.8, 4) is 0 Å². The molecule has 0 spiro atoms. The molecule has 33 heavy (non-hydrogen) atoms. The third kappa shape index (κ3) is 6.12. The number of carboxylic acid groups (broad SMARTS) is 2. The van der Waals surface area contributed by atoms with Crippen molar-refractivity contribution in [2.24, 2.45) is 45.4 Å². The molecule has 188 valence electrons. The SMILES string of the molecule is CCC[C@@]1(C)CC[C@H]2[C@@H](CCC3C[C@@H](O)C(/C=N/OCCN)C[C@@]32C)C1=O.O=C(O)C(=O)O. The third-order valence-corrected chi connectivity index (χ3v) is 8.25. The van der Waals surface area contributed by atoms with Gasteiger partial charge in [0.25, 0.3) is 0 Å². The Morgan fingerprint density at radius 3 is 2.45 bits per heavy atom. The normalized spacial score (nSPS) is 38.0. The molecule has 0 heterocycles. The van der Waals surface area contributed by atoms with Gasteiger partial charge in [0.05, 0.1) is 6.10 Å². The molecule has 0 aromatic carbocycles. The number of fused-ring (bicyclic) bond motifs is 3. The van der Waals surface area contributed by atoms with Gasteiger partial charge in [0.1, 0.15) is 12.4 Å². The van der Waals surface area contributed by atoms with Crippen molar-refractivity contribution in [1.29, 1.82) is 0 Å². The molecule has 0 aromatic rings. The van der Waals surface area contributed by atoms with Gasteiger partial charge in [-0.3, -0.25) is 4.79 Å². The van der Waals surface area contributed by atoms with Crippen LogP contribution in [-0.2, 0) is 19.2 Å². The number of carbonyl (C=O) groups excluding carboxylic acids is 1. The summed E-state index contributed by atoms with van der Waals surface area (Å²) in [6.07, 6.45) is 9.44. The first-order valence-corrected chi connectivity index (χ1v) is 12.0. The Balaban J connectivity index is 0.000000569. The Bertz CT molecular complexity index is 730. The van der Waals surface area contributed by atoms with E-state index in [-0.39, 0.29) is 28.8 Å². The molecular weight excluding hydrogens is 428 g/mol. The molecule has 3 saturated carbocycles. The Kier molecular flexibility index (Phi) is 9.43. The van der Waals surface area contributed by atoms with Gasteiger partial charge in [-0.25, -0.2) is 9.59 Å². The van der Waals surface area contributed by atoms with E-state index in [4.69, 9.17) is 30.4 Å². The number of hydrogen-bond donors (Lipinski definition) is 4. The molecule has 0 aromatic heterocycles. The number of hydrogen-bond acceptors (Lipinski definition) is 7. The van der Waals surface area contributed by atoms with Crippen LogP contribution in [0.5, 0.6) is 0 Å². The van der Waals surface area contributed by atoms with Crippen molar-refractivity contribution in [3.63, 3.8) is 0 Å². The predicted molar refractivity (Wildman–Crippen MR) is 123 cm³/mol. The maximum absolute atomic E-state index is 13.4. The van der Waals surface area contributed by atoms with E-state index in [0.717, 1.165) is 51.4 Å². The van der Waals surface area contributed by atoms with Crippen LogP contribution in [0, 0.1) is 34.5 Å². The second-order valence-corrected chi connectivity index (χ2v) is 10.4. The Labute approximate surface area is 195 Å². The van der Waals surface area contributed by atoms with E-state index in [1.54, 1.807) is 6.21 Å².